The summed E-state index contributed by atoms with van der Waals surface area (Å²) in [7, 11) is 1.50. The van der Waals surface area contributed by atoms with Crippen LogP contribution < -0.4 is 5.32 Å². The second kappa shape index (κ2) is 7.47. The molecule has 0 atom stereocenters. The third-order valence-electron chi connectivity index (χ3n) is 4.17. The zero-order valence-electron chi connectivity index (χ0n) is 15.3. The van der Waals surface area contributed by atoms with Crippen LogP contribution in [0.1, 0.15) is 58.0 Å². The Morgan fingerprint density at radius 2 is 2.07 bits per heavy atom. The molecule has 1 aliphatic rings. The first kappa shape index (κ1) is 19.0. The van der Waals surface area contributed by atoms with Gasteiger partial charge in [-0.25, -0.2) is 4.79 Å². The molecule has 2 aromatic rings. The van der Waals surface area contributed by atoms with Crippen molar-refractivity contribution in [2.75, 3.05) is 5.32 Å². The molecule has 144 valence electrons. The summed E-state index contributed by atoms with van der Waals surface area (Å²) >= 11 is 1.32. The van der Waals surface area contributed by atoms with Gasteiger partial charge in [0, 0.05) is 11.9 Å². The van der Waals surface area contributed by atoms with Gasteiger partial charge in [-0.05, 0) is 45.1 Å². The van der Waals surface area contributed by atoms with Gasteiger partial charge in [-0.1, -0.05) is 0 Å². The quantitative estimate of drug-likeness (QED) is 0.475. The topological polar surface area (TPSA) is 116 Å². The molecule has 1 aliphatic carbocycles. The third kappa shape index (κ3) is 3.85. The summed E-state index contributed by atoms with van der Waals surface area (Å²) in [5.41, 5.74) is 0.581. The predicted octanol–water partition coefficient (Wildman–Crippen LogP) is 3.09. The Morgan fingerprint density at radius 1 is 1.37 bits per heavy atom. The Balaban J connectivity index is 1.97. The summed E-state index contributed by atoms with van der Waals surface area (Å²) in [6.07, 6.45) is 4.44. The summed E-state index contributed by atoms with van der Waals surface area (Å²) < 4.78 is 6.55. The van der Waals surface area contributed by atoms with Gasteiger partial charge in [0.25, 0.3) is 5.91 Å². The van der Waals surface area contributed by atoms with Crippen molar-refractivity contribution < 1.29 is 19.2 Å². The van der Waals surface area contributed by atoms with E-state index >= 15 is 0 Å². The van der Waals surface area contributed by atoms with Gasteiger partial charge in [0.1, 0.15) is 11.2 Å². The normalized spacial score (nSPS) is 13.3. The molecule has 10 heteroatoms. The molecule has 2 aromatic heterocycles. The molecule has 0 saturated carbocycles. The van der Waals surface area contributed by atoms with E-state index in [4.69, 9.17) is 4.74 Å². The average Bonchev–Trinajstić information content (AvgIpc) is 3.14. The first-order valence-electron chi connectivity index (χ1n) is 8.62. The van der Waals surface area contributed by atoms with Crippen LogP contribution in [0.5, 0.6) is 0 Å². The maximum Gasteiger partial charge on any atom is 0.341 e. The minimum Gasteiger partial charge on any atom is -0.459 e. The first-order chi connectivity index (χ1) is 12.8. The van der Waals surface area contributed by atoms with E-state index in [0.29, 0.717) is 10.6 Å². The number of rotatable bonds is 5. The van der Waals surface area contributed by atoms with E-state index < -0.39 is 16.8 Å². The fourth-order valence-corrected chi connectivity index (χ4v) is 4.35. The number of fused-ring (bicyclic) bond motifs is 1. The number of hydrogen-bond acceptors (Lipinski definition) is 7. The zero-order valence-corrected chi connectivity index (χ0v) is 16.1. The minimum absolute atomic E-state index is 0.294. The van der Waals surface area contributed by atoms with Crippen LogP contribution in [0.3, 0.4) is 0 Å². The van der Waals surface area contributed by atoms with Crippen LogP contribution >= 0.6 is 11.3 Å². The van der Waals surface area contributed by atoms with Crippen molar-refractivity contribution in [2.45, 2.75) is 45.6 Å². The number of nitrogens with one attached hydrogen (secondary N) is 1. The molecule has 3 rings (SSSR count). The maximum absolute atomic E-state index is 12.6. The van der Waals surface area contributed by atoms with Crippen LogP contribution in [0, 0.1) is 10.1 Å². The van der Waals surface area contributed by atoms with E-state index in [2.05, 4.69) is 10.4 Å². The number of carbonyl (C=O) groups is 2. The highest BCUT2D eigenvalue weighted by atomic mass is 32.1. The lowest BCUT2D eigenvalue weighted by atomic mass is 9.95. The van der Waals surface area contributed by atoms with Crippen LogP contribution in [-0.4, -0.2) is 32.7 Å². The first-order valence-corrected chi connectivity index (χ1v) is 9.44. The largest absolute Gasteiger partial charge is 0.459 e. The van der Waals surface area contributed by atoms with Crippen LogP contribution in [-0.2, 0) is 24.6 Å². The van der Waals surface area contributed by atoms with E-state index in [1.807, 2.05) is 0 Å². The monoisotopic (exact) mass is 392 g/mol. The molecule has 0 aliphatic heterocycles. The molecular weight excluding hydrogens is 372 g/mol. The smallest absolute Gasteiger partial charge is 0.341 e. The maximum atomic E-state index is 12.6. The van der Waals surface area contributed by atoms with Gasteiger partial charge >= 0.3 is 11.7 Å². The number of carbonyl (C=O) groups excluding carboxylic acids is 2. The van der Waals surface area contributed by atoms with Crippen LogP contribution in [0.4, 0.5) is 10.7 Å². The third-order valence-corrected chi connectivity index (χ3v) is 5.37. The van der Waals surface area contributed by atoms with E-state index in [9.17, 15) is 19.7 Å². The molecule has 0 aromatic carbocycles. The Bertz CT molecular complexity index is 915. The number of hydrogen-bond donors (Lipinski definition) is 1. The lowest BCUT2D eigenvalue weighted by Crippen LogP contribution is -2.18. The van der Waals surface area contributed by atoms with Gasteiger partial charge in [0.2, 0.25) is 5.69 Å². The fourth-order valence-electron chi connectivity index (χ4n) is 3.08. The highest BCUT2D eigenvalue weighted by Crippen LogP contribution is 2.39. The molecule has 1 N–H and O–H groups in total. The number of anilines is 1. The van der Waals surface area contributed by atoms with Gasteiger partial charge in [0.05, 0.1) is 16.6 Å². The molecule has 9 nitrogen and oxygen atoms in total. The Kier molecular flexibility index (Phi) is 5.26. The van der Waals surface area contributed by atoms with Gasteiger partial charge in [-0.2, -0.15) is 5.10 Å². The number of aromatic nitrogens is 2. The Hall–Kier alpha value is -2.75. The van der Waals surface area contributed by atoms with Crippen molar-refractivity contribution >= 4 is 33.9 Å². The van der Waals surface area contributed by atoms with E-state index in [0.717, 1.165) is 36.1 Å². The summed E-state index contributed by atoms with van der Waals surface area (Å²) in [5, 5.41) is 18.0. The van der Waals surface area contributed by atoms with Crippen molar-refractivity contribution in [2.24, 2.45) is 7.05 Å². The van der Waals surface area contributed by atoms with Gasteiger partial charge in [-0.15, -0.1) is 11.3 Å². The average molecular weight is 392 g/mol. The van der Waals surface area contributed by atoms with Crippen LogP contribution in [0.2, 0.25) is 0 Å². The highest BCUT2D eigenvalue weighted by molar-refractivity contribution is 7.17. The van der Waals surface area contributed by atoms with E-state index in [1.165, 1.54) is 29.3 Å². The number of nitrogens with zero attached hydrogens (tertiary/aromatic N) is 3. The second-order valence-corrected chi connectivity index (χ2v) is 7.72. The summed E-state index contributed by atoms with van der Waals surface area (Å²) in [6.45, 7) is 3.51. The van der Waals surface area contributed by atoms with Crippen molar-refractivity contribution in [3.8, 4) is 0 Å². The molecule has 1 amide bonds. The predicted molar refractivity (Wildman–Crippen MR) is 99.3 cm³/mol. The lowest BCUT2D eigenvalue weighted by molar-refractivity contribution is -0.385. The summed E-state index contributed by atoms with van der Waals surface area (Å²) in [4.78, 5) is 36.8. The van der Waals surface area contributed by atoms with Crippen molar-refractivity contribution in [3.05, 3.63) is 38.0 Å². The Labute approximate surface area is 159 Å². The van der Waals surface area contributed by atoms with Crippen molar-refractivity contribution in [1.82, 2.24) is 9.78 Å². The SMILES string of the molecule is CC(C)OC(=O)c1c(NC(=O)c2nn(C)cc2[N+](=O)[O-])sc2c1CCCC2. The van der Waals surface area contributed by atoms with Crippen molar-refractivity contribution in [1.29, 1.82) is 0 Å². The van der Waals surface area contributed by atoms with E-state index in [1.54, 1.807) is 13.8 Å². The van der Waals surface area contributed by atoms with Gasteiger partial charge < -0.3 is 10.1 Å². The molecule has 27 heavy (non-hydrogen) atoms. The lowest BCUT2D eigenvalue weighted by Gasteiger charge is -2.14. The van der Waals surface area contributed by atoms with Crippen LogP contribution in [0.15, 0.2) is 6.20 Å². The molecule has 0 saturated heterocycles. The second-order valence-electron chi connectivity index (χ2n) is 6.62. The number of ether oxygens (including phenoxy) is 1. The fraction of sp³-hybridized carbons (Fsp3) is 0.471. The molecule has 0 radical (unpaired) electrons. The number of nitro groups is 1. The number of aryl methyl sites for hydroxylation is 2. The van der Waals surface area contributed by atoms with Gasteiger partial charge in [-0.3, -0.25) is 19.6 Å². The number of esters is 1. The molecular formula is C17H20N4O5S. The van der Waals surface area contributed by atoms with Gasteiger partial charge in [0.15, 0.2) is 0 Å². The minimum atomic E-state index is -0.723. The molecule has 0 spiro atoms. The highest BCUT2D eigenvalue weighted by Gasteiger charge is 2.30. The summed E-state index contributed by atoms with van der Waals surface area (Å²) in [6, 6.07) is 0. The van der Waals surface area contributed by atoms with Crippen molar-refractivity contribution in [3.63, 3.8) is 0 Å². The number of amides is 1. The van der Waals surface area contributed by atoms with E-state index in [-0.39, 0.29) is 17.5 Å². The Morgan fingerprint density at radius 3 is 2.74 bits per heavy atom. The molecule has 2 heterocycles. The molecule has 0 unspecified atom stereocenters. The zero-order chi connectivity index (χ0) is 19.7. The van der Waals surface area contributed by atoms with Crippen LogP contribution in [0.25, 0.3) is 0 Å². The summed E-state index contributed by atoms with van der Waals surface area (Å²) in [5.74, 6) is -1.21. The molecule has 0 bridgehead atoms. The standard InChI is InChI=1S/C17H20N4O5S/c1-9(2)26-17(23)13-10-6-4-5-7-12(10)27-16(13)18-15(22)14-11(21(24)25)8-20(3)19-14/h8-9H,4-7H2,1-3H3,(H,18,22). The number of thiophene rings is 1. The molecule has 0 fully saturated rings.